The Kier molecular flexibility index (Phi) is 5.62. The number of ketones is 1. The Hall–Kier alpha value is -2.63. The smallest absolute Gasteiger partial charge is 0.167 e. The average Bonchev–Trinajstić information content (AvgIpc) is 2.50. The summed E-state index contributed by atoms with van der Waals surface area (Å²) in [5, 5.41) is 0. The number of carbonyl (C=O) groups excluding carboxylic acids is 1. The second-order valence-corrected chi connectivity index (χ2v) is 6.11. The van der Waals surface area contributed by atoms with E-state index in [2.05, 4.69) is 4.99 Å². The van der Waals surface area contributed by atoms with Crippen molar-refractivity contribution in [3.63, 3.8) is 0 Å². The standard InChI is InChI=1S/C19H19F3N2O/c1-11-6-18(23-10-24(3)4)12(2)5-14(11)19(25)9-15-16(21)7-13(20)8-17(15)22/h5-8,10H,9H2,1-4H3. The van der Waals surface area contributed by atoms with Gasteiger partial charge >= 0.3 is 0 Å². The van der Waals surface area contributed by atoms with Gasteiger partial charge < -0.3 is 4.90 Å². The lowest BCUT2D eigenvalue weighted by molar-refractivity contribution is 0.0990. The van der Waals surface area contributed by atoms with Gasteiger partial charge in [-0.05, 0) is 37.1 Å². The topological polar surface area (TPSA) is 32.7 Å². The van der Waals surface area contributed by atoms with Crippen molar-refractivity contribution in [3.05, 3.63) is 64.0 Å². The summed E-state index contributed by atoms with van der Waals surface area (Å²) < 4.78 is 40.5. The van der Waals surface area contributed by atoms with E-state index in [1.165, 1.54) is 0 Å². The zero-order chi connectivity index (χ0) is 18.7. The van der Waals surface area contributed by atoms with Crippen molar-refractivity contribution in [1.82, 2.24) is 4.90 Å². The van der Waals surface area contributed by atoms with Crippen molar-refractivity contribution in [2.75, 3.05) is 14.1 Å². The van der Waals surface area contributed by atoms with E-state index < -0.39 is 35.2 Å². The zero-order valence-corrected chi connectivity index (χ0v) is 14.5. The second kappa shape index (κ2) is 7.51. The molecule has 132 valence electrons. The molecule has 0 heterocycles. The van der Waals surface area contributed by atoms with Crippen molar-refractivity contribution in [3.8, 4) is 0 Å². The Labute approximate surface area is 144 Å². The minimum atomic E-state index is -1.06. The molecule has 0 unspecified atom stereocenters. The fourth-order valence-electron chi connectivity index (χ4n) is 2.41. The lowest BCUT2D eigenvalue weighted by atomic mass is 9.96. The van der Waals surface area contributed by atoms with Crippen LogP contribution in [0.4, 0.5) is 18.9 Å². The maximum atomic E-state index is 13.8. The summed E-state index contributed by atoms with van der Waals surface area (Å²) in [5.74, 6) is -3.57. The first kappa shape index (κ1) is 18.7. The number of hydrogen-bond acceptors (Lipinski definition) is 2. The normalized spacial score (nSPS) is 11.2. The fourth-order valence-corrected chi connectivity index (χ4v) is 2.41. The molecule has 0 saturated heterocycles. The van der Waals surface area contributed by atoms with E-state index in [1.807, 2.05) is 14.1 Å². The summed E-state index contributed by atoms with van der Waals surface area (Å²) in [6, 6.07) is 4.55. The molecule has 0 radical (unpaired) electrons. The number of Topliss-reactive ketones (excluding diaryl/α,β-unsaturated/α-hetero) is 1. The number of carbonyl (C=O) groups is 1. The Bertz CT molecular complexity index is 822. The average molecular weight is 348 g/mol. The monoisotopic (exact) mass is 348 g/mol. The number of aliphatic imine (C=N–C) groups is 1. The Morgan fingerprint density at radius 2 is 1.64 bits per heavy atom. The SMILES string of the molecule is Cc1cc(C(=O)Cc2c(F)cc(F)cc2F)c(C)cc1N=CN(C)C. The molecule has 2 rings (SSSR count). The van der Waals surface area contributed by atoms with Gasteiger partial charge in [-0.1, -0.05) is 0 Å². The van der Waals surface area contributed by atoms with E-state index >= 15 is 0 Å². The van der Waals surface area contributed by atoms with Crippen LogP contribution in [0.15, 0.2) is 29.3 Å². The van der Waals surface area contributed by atoms with Crippen LogP contribution in [0.5, 0.6) is 0 Å². The van der Waals surface area contributed by atoms with Crippen molar-refractivity contribution in [2.24, 2.45) is 4.99 Å². The first-order valence-electron chi connectivity index (χ1n) is 7.67. The number of aryl methyl sites for hydroxylation is 2. The molecule has 0 aliphatic heterocycles. The van der Waals surface area contributed by atoms with E-state index in [0.29, 0.717) is 28.9 Å². The van der Waals surface area contributed by atoms with Crippen LogP contribution in [0, 0.1) is 31.3 Å². The van der Waals surface area contributed by atoms with Crippen molar-refractivity contribution in [2.45, 2.75) is 20.3 Å². The maximum absolute atomic E-state index is 13.8. The molecule has 3 nitrogen and oxygen atoms in total. The third-order valence-electron chi connectivity index (χ3n) is 3.71. The minimum absolute atomic E-state index is 0.365. The summed E-state index contributed by atoms with van der Waals surface area (Å²) in [6.07, 6.45) is 1.17. The molecule has 2 aromatic carbocycles. The molecular formula is C19H19F3N2O. The number of rotatable bonds is 5. The van der Waals surface area contributed by atoms with Crippen LogP contribution >= 0.6 is 0 Å². The van der Waals surface area contributed by atoms with E-state index in [1.54, 1.807) is 37.2 Å². The molecule has 0 aliphatic rings. The van der Waals surface area contributed by atoms with Crippen molar-refractivity contribution < 1.29 is 18.0 Å². The van der Waals surface area contributed by atoms with Crippen molar-refractivity contribution >= 4 is 17.8 Å². The number of halogens is 3. The van der Waals surface area contributed by atoms with Crippen LogP contribution in [0.1, 0.15) is 27.0 Å². The molecule has 0 spiro atoms. The maximum Gasteiger partial charge on any atom is 0.167 e. The predicted octanol–water partition coefficient (Wildman–Crippen LogP) is 4.37. The van der Waals surface area contributed by atoms with Gasteiger partial charge in [0.15, 0.2) is 5.78 Å². The minimum Gasteiger partial charge on any atom is -0.369 e. The quantitative estimate of drug-likeness (QED) is 0.457. The van der Waals surface area contributed by atoms with Crippen LogP contribution in [0.25, 0.3) is 0 Å². The van der Waals surface area contributed by atoms with Gasteiger partial charge in [-0.15, -0.1) is 0 Å². The lowest BCUT2D eigenvalue weighted by Crippen LogP contribution is -2.10. The van der Waals surface area contributed by atoms with Gasteiger partial charge in [0.25, 0.3) is 0 Å². The van der Waals surface area contributed by atoms with Gasteiger partial charge in [-0.2, -0.15) is 0 Å². The van der Waals surface area contributed by atoms with Gasteiger partial charge in [0, 0.05) is 43.8 Å². The third-order valence-corrected chi connectivity index (χ3v) is 3.71. The first-order chi connectivity index (χ1) is 11.7. The van der Waals surface area contributed by atoms with Crippen LogP contribution in [-0.4, -0.2) is 31.1 Å². The highest BCUT2D eigenvalue weighted by Gasteiger charge is 2.18. The van der Waals surface area contributed by atoms with E-state index in [-0.39, 0.29) is 0 Å². The molecule has 0 saturated carbocycles. The summed E-state index contributed by atoms with van der Waals surface area (Å²) in [6.45, 7) is 3.54. The predicted molar refractivity (Wildman–Crippen MR) is 92.1 cm³/mol. The van der Waals surface area contributed by atoms with Gasteiger partial charge in [-0.3, -0.25) is 4.79 Å². The molecule has 0 aliphatic carbocycles. The summed E-state index contributed by atoms with van der Waals surface area (Å²) >= 11 is 0. The highest BCUT2D eigenvalue weighted by atomic mass is 19.1. The van der Waals surface area contributed by atoms with E-state index in [9.17, 15) is 18.0 Å². The Morgan fingerprint density at radius 1 is 1.04 bits per heavy atom. The zero-order valence-electron chi connectivity index (χ0n) is 14.5. The summed E-state index contributed by atoms with van der Waals surface area (Å²) in [4.78, 5) is 18.6. The molecule has 25 heavy (non-hydrogen) atoms. The fraction of sp³-hybridized carbons (Fsp3) is 0.263. The molecular weight excluding hydrogens is 329 g/mol. The van der Waals surface area contributed by atoms with Crippen LogP contribution in [-0.2, 0) is 6.42 Å². The molecule has 0 aromatic heterocycles. The molecule has 6 heteroatoms. The summed E-state index contributed by atoms with van der Waals surface area (Å²) in [7, 11) is 3.69. The first-order valence-corrected chi connectivity index (χ1v) is 7.67. The highest BCUT2D eigenvalue weighted by molar-refractivity contribution is 5.99. The van der Waals surface area contributed by atoms with Gasteiger partial charge in [-0.25, -0.2) is 18.2 Å². The Balaban J connectivity index is 2.33. The molecule has 0 amide bonds. The lowest BCUT2D eigenvalue weighted by Gasteiger charge is -2.11. The number of nitrogens with zero attached hydrogens (tertiary/aromatic N) is 2. The van der Waals surface area contributed by atoms with Crippen LogP contribution in [0.2, 0.25) is 0 Å². The summed E-state index contributed by atoms with van der Waals surface area (Å²) in [5.41, 5.74) is 2.07. The van der Waals surface area contributed by atoms with Gasteiger partial charge in [0.2, 0.25) is 0 Å². The van der Waals surface area contributed by atoms with E-state index in [4.69, 9.17) is 0 Å². The largest absolute Gasteiger partial charge is 0.369 e. The van der Waals surface area contributed by atoms with Crippen molar-refractivity contribution in [1.29, 1.82) is 0 Å². The molecule has 0 atom stereocenters. The molecule has 0 fully saturated rings. The molecule has 0 bridgehead atoms. The molecule has 2 aromatic rings. The number of benzene rings is 2. The second-order valence-electron chi connectivity index (χ2n) is 6.11. The number of hydrogen-bond donors (Lipinski definition) is 0. The van der Waals surface area contributed by atoms with Gasteiger partial charge in [0.1, 0.15) is 17.5 Å². The third kappa shape index (κ3) is 4.47. The highest BCUT2D eigenvalue weighted by Crippen LogP contribution is 2.25. The van der Waals surface area contributed by atoms with Crippen LogP contribution in [0.3, 0.4) is 0 Å². The molecule has 0 N–H and O–H groups in total. The van der Waals surface area contributed by atoms with E-state index in [0.717, 1.165) is 5.56 Å². The Morgan fingerprint density at radius 3 is 2.20 bits per heavy atom. The van der Waals surface area contributed by atoms with Crippen LogP contribution < -0.4 is 0 Å². The van der Waals surface area contributed by atoms with Gasteiger partial charge in [0.05, 0.1) is 12.0 Å².